The van der Waals surface area contributed by atoms with E-state index in [0.717, 1.165) is 30.0 Å². The quantitative estimate of drug-likeness (QED) is 0.160. The number of carbonyl (C=O) groups is 2. The molecule has 0 saturated heterocycles. The van der Waals surface area contributed by atoms with E-state index >= 15 is 0 Å². The third-order valence-corrected chi connectivity index (χ3v) is 6.09. The van der Waals surface area contributed by atoms with Crippen LogP contribution in [-0.2, 0) is 9.53 Å². The van der Waals surface area contributed by atoms with Crippen LogP contribution in [0.5, 0.6) is 0 Å². The Morgan fingerprint density at radius 1 is 1.22 bits per heavy atom. The molecule has 1 atom stereocenters. The highest BCUT2D eigenvalue weighted by molar-refractivity contribution is 5.94. The van der Waals surface area contributed by atoms with Crippen molar-refractivity contribution in [2.75, 3.05) is 26.7 Å². The van der Waals surface area contributed by atoms with Gasteiger partial charge in [0, 0.05) is 31.1 Å². The van der Waals surface area contributed by atoms with E-state index in [1.54, 1.807) is 6.92 Å². The Kier molecular flexibility index (Phi) is 12.1. The number of hydrogen-bond acceptors (Lipinski definition) is 5. The van der Waals surface area contributed by atoms with Gasteiger partial charge >= 0.3 is 5.97 Å². The molecule has 1 aliphatic carbocycles. The van der Waals surface area contributed by atoms with Crippen molar-refractivity contribution >= 4 is 23.4 Å². The molecule has 0 aromatic heterocycles. The number of ether oxygens (including phenoxy) is 1. The molecule has 1 unspecified atom stereocenters. The normalized spacial score (nSPS) is 15.3. The van der Waals surface area contributed by atoms with Crippen LogP contribution in [0.3, 0.4) is 0 Å². The van der Waals surface area contributed by atoms with Crippen LogP contribution in [0, 0.1) is 5.92 Å². The summed E-state index contributed by atoms with van der Waals surface area (Å²) in [5.74, 6) is 1.07. The second-order valence-electron chi connectivity index (χ2n) is 9.18. The van der Waals surface area contributed by atoms with Crippen molar-refractivity contribution < 1.29 is 14.3 Å². The van der Waals surface area contributed by atoms with E-state index in [4.69, 9.17) is 14.7 Å². The van der Waals surface area contributed by atoms with E-state index in [2.05, 4.69) is 29.9 Å². The predicted octanol–water partition coefficient (Wildman–Crippen LogP) is 5.50. The second kappa shape index (κ2) is 15.0. The number of carbonyl (C=O) groups excluding carboxylic acids is 2. The van der Waals surface area contributed by atoms with Crippen LogP contribution in [0.1, 0.15) is 81.8 Å². The highest BCUT2D eigenvalue weighted by Gasteiger charge is 2.24. The second-order valence-corrected chi connectivity index (χ2v) is 9.18. The van der Waals surface area contributed by atoms with Gasteiger partial charge in [-0.1, -0.05) is 38.1 Å². The van der Waals surface area contributed by atoms with Gasteiger partial charge in [-0.05, 0) is 69.2 Å². The van der Waals surface area contributed by atoms with E-state index in [1.165, 1.54) is 18.4 Å². The molecule has 0 spiro atoms. The molecule has 7 nitrogen and oxygen atoms in total. The number of benzene rings is 1. The molecule has 196 valence electrons. The first-order valence-corrected chi connectivity index (χ1v) is 12.9. The van der Waals surface area contributed by atoms with Gasteiger partial charge in [0.05, 0.1) is 31.4 Å². The van der Waals surface area contributed by atoms with Crippen LogP contribution < -0.4 is 5.32 Å². The molecule has 7 heteroatoms. The van der Waals surface area contributed by atoms with E-state index < -0.39 is 0 Å². The Balaban J connectivity index is 1.98. The zero-order valence-corrected chi connectivity index (χ0v) is 22.5. The highest BCUT2D eigenvalue weighted by Crippen LogP contribution is 2.37. The van der Waals surface area contributed by atoms with Crippen molar-refractivity contribution in [1.29, 1.82) is 0 Å². The maximum atomic E-state index is 12.4. The Hall–Kier alpha value is -3.22. The minimum Gasteiger partial charge on any atom is -0.466 e. The summed E-state index contributed by atoms with van der Waals surface area (Å²) >= 11 is 0. The summed E-state index contributed by atoms with van der Waals surface area (Å²) in [5.41, 5.74) is 3.87. The molecule has 0 aliphatic heterocycles. The minimum atomic E-state index is -0.314. The fourth-order valence-corrected chi connectivity index (χ4v) is 3.75. The number of amidine groups is 1. The SMILES string of the molecule is C=CC(=CN(C)C(C)=NCC(C)=NC(CCC)c1ccc(C(=O)NCCC(=O)OCC)cc1)C1CC1. The maximum absolute atomic E-state index is 12.4. The summed E-state index contributed by atoms with van der Waals surface area (Å²) in [7, 11) is 2.02. The molecule has 1 fully saturated rings. The average molecular weight is 495 g/mol. The summed E-state index contributed by atoms with van der Waals surface area (Å²) in [5, 5.41) is 2.76. The monoisotopic (exact) mass is 494 g/mol. The molecule has 1 N–H and O–H groups in total. The minimum absolute atomic E-state index is 0.0197. The van der Waals surface area contributed by atoms with Crippen LogP contribution in [0.15, 0.2) is 58.7 Å². The zero-order valence-electron chi connectivity index (χ0n) is 22.5. The lowest BCUT2D eigenvalue weighted by Crippen LogP contribution is -2.26. The van der Waals surface area contributed by atoms with Gasteiger partial charge in [0.2, 0.25) is 0 Å². The Morgan fingerprint density at radius 3 is 2.50 bits per heavy atom. The van der Waals surface area contributed by atoms with E-state index in [1.807, 2.05) is 51.2 Å². The number of allylic oxidation sites excluding steroid dienone is 2. The Bertz CT molecular complexity index is 975. The van der Waals surface area contributed by atoms with Crippen molar-refractivity contribution in [2.24, 2.45) is 15.9 Å². The first-order chi connectivity index (χ1) is 17.3. The molecule has 1 amide bonds. The lowest BCUT2D eigenvalue weighted by Gasteiger charge is -2.16. The molecule has 2 rings (SSSR count). The number of hydrogen-bond donors (Lipinski definition) is 1. The summed E-state index contributed by atoms with van der Waals surface area (Å²) in [6.07, 6.45) is 8.64. The van der Waals surface area contributed by atoms with E-state index in [9.17, 15) is 9.59 Å². The standard InChI is InChI=1S/C29H42N4O3/c1-7-10-27(25-13-15-26(16-14-25)29(35)30-18-17-28(34)36-9-3)32-21(4)19-31-22(5)33(6)20-23(8-2)24-11-12-24/h8,13-16,20,24,27H,2,7,9-12,17-19H2,1,3-6H3,(H,30,35). The fourth-order valence-electron chi connectivity index (χ4n) is 3.75. The predicted molar refractivity (Wildman–Crippen MR) is 148 cm³/mol. The summed E-state index contributed by atoms with van der Waals surface area (Å²) < 4.78 is 4.88. The number of amides is 1. The van der Waals surface area contributed by atoms with Gasteiger partial charge in [0.15, 0.2) is 0 Å². The first-order valence-electron chi connectivity index (χ1n) is 12.9. The molecule has 1 aliphatic rings. The number of nitrogens with one attached hydrogen (secondary N) is 1. The molecule has 1 aromatic rings. The van der Waals surface area contributed by atoms with Crippen LogP contribution >= 0.6 is 0 Å². The molecule has 1 saturated carbocycles. The summed E-state index contributed by atoms with van der Waals surface area (Å²) in [6, 6.07) is 7.55. The smallest absolute Gasteiger partial charge is 0.307 e. The zero-order chi connectivity index (χ0) is 26.5. The van der Waals surface area contributed by atoms with Crippen LogP contribution in [0.2, 0.25) is 0 Å². The first kappa shape index (κ1) is 29.0. The highest BCUT2D eigenvalue weighted by atomic mass is 16.5. The van der Waals surface area contributed by atoms with Gasteiger partial charge in [-0.3, -0.25) is 19.6 Å². The fraction of sp³-hybridized carbons (Fsp3) is 0.517. The number of rotatable bonds is 14. The van der Waals surface area contributed by atoms with Crippen LogP contribution in [0.4, 0.5) is 0 Å². The maximum Gasteiger partial charge on any atom is 0.307 e. The van der Waals surface area contributed by atoms with Gasteiger partial charge in [-0.25, -0.2) is 0 Å². The lowest BCUT2D eigenvalue weighted by molar-refractivity contribution is -0.142. The summed E-state index contributed by atoms with van der Waals surface area (Å²) in [4.78, 5) is 35.6. The molecule has 0 bridgehead atoms. The summed E-state index contributed by atoms with van der Waals surface area (Å²) in [6.45, 7) is 13.0. The number of esters is 1. The topological polar surface area (TPSA) is 83.4 Å². The van der Waals surface area contributed by atoms with Crippen molar-refractivity contribution in [3.63, 3.8) is 0 Å². The third kappa shape index (κ3) is 9.80. The van der Waals surface area contributed by atoms with Gasteiger partial charge in [-0.15, -0.1) is 0 Å². The van der Waals surface area contributed by atoms with Crippen molar-refractivity contribution in [1.82, 2.24) is 10.2 Å². The van der Waals surface area contributed by atoms with Crippen molar-refractivity contribution in [3.05, 3.63) is 59.8 Å². The molecule has 1 aromatic carbocycles. The molecular formula is C29H42N4O3. The van der Waals surface area contributed by atoms with Gasteiger partial charge in [-0.2, -0.15) is 0 Å². The Labute approximate surface area is 216 Å². The van der Waals surface area contributed by atoms with E-state index in [-0.39, 0.29) is 30.9 Å². The third-order valence-electron chi connectivity index (χ3n) is 6.09. The van der Waals surface area contributed by atoms with Crippen molar-refractivity contribution in [2.45, 2.75) is 65.8 Å². The molecule has 36 heavy (non-hydrogen) atoms. The van der Waals surface area contributed by atoms with Crippen molar-refractivity contribution in [3.8, 4) is 0 Å². The van der Waals surface area contributed by atoms with Gasteiger partial charge in [0.25, 0.3) is 5.91 Å². The largest absolute Gasteiger partial charge is 0.466 e. The molecule has 0 heterocycles. The number of nitrogens with zero attached hydrogens (tertiary/aromatic N) is 3. The van der Waals surface area contributed by atoms with Crippen LogP contribution in [-0.4, -0.2) is 55.1 Å². The molecular weight excluding hydrogens is 452 g/mol. The number of aliphatic imine (C=N–C) groups is 2. The molecule has 0 radical (unpaired) electrons. The average Bonchev–Trinajstić information content (AvgIpc) is 3.71. The Morgan fingerprint density at radius 2 is 1.92 bits per heavy atom. The lowest BCUT2D eigenvalue weighted by atomic mass is 10.0. The van der Waals surface area contributed by atoms with Gasteiger partial charge in [0.1, 0.15) is 0 Å². The van der Waals surface area contributed by atoms with E-state index in [0.29, 0.717) is 24.6 Å². The van der Waals surface area contributed by atoms with Gasteiger partial charge < -0.3 is 15.0 Å². The van der Waals surface area contributed by atoms with Crippen LogP contribution in [0.25, 0.3) is 0 Å².